The van der Waals surface area contributed by atoms with Gasteiger partial charge in [-0.05, 0) is 59.9 Å². The molecule has 6 nitrogen and oxygen atoms in total. The van der Waals surface area contributed by atoms with Crippen molar-refractivity contribution in [2.24, 2.45) is 0 Å². The highest BCUT2D eigenvalue weighted by atomic mass is 16.5. The van der Waals surface area contributed by atoms with E-state index in [1.807, 2.05) is 54.7 Å². The van der Waals surface area contributed by atoms with Gasteiger partial charge in [-0.1, -0.05) is 18.2 Å². The summed E-state index contributed by atoms with van der Waals surface area (Å²) in [6.07, 6.45) is 8.67. The Morgan fingerprint density at radius 1 is 0.966 bits per heavy atom. The highest BCUT2D eigenvalue weighted by molar-refractivity contribution is 5.83. The second-order valence-corrected chi connectivity index (χ2v) is 6.67. The fourth-order valence-corrected chi connectivity index (χ4v) is 3.07. The molecule has 29 heavy (non-hydrogen) atoms. The topological polar surface area (TPSA) is 76.1 Å². The number of nitrogens with zero attached hydrogens (tertiary/aromatic N) is 2. The Morgan fingerprint density at radius 3 is 2.55 bits per heavy atom. The molecule has 0 spiro atoms. The Labute approximate surface area is 171 Å². The maximum atomic E-state index is 12.9. The number of hydrogen-bond donors (Lipinski definition) is 2. The summed E-state index contributed by atoms with van der Waals surface area (Å²) >= 11 is 0. The molecule has 3 aromatic rings. The monoisotopic (exact) mass is 390 g/mol. The summed E-state index contributed by atoms with van der Waals surface area (Å²) in [6.45, 7) is 1.22. The van der Waals surface area contributed by atoms with Crippen LogP contribution in [0.1, 0.15) is 22.7 Å². The SMILES string of the molecule is COc1cccc(C(NCCc2cccnc2)C(=O)NCCc2ccncc2)c1. The quantitative estimate of drug-likeness (QED) is 0.557. The first-order chi connectivity index (χ1) is 14.3. The van der Waals surface area contributed by atoms with Crippen molar-refractivity contribution >= 4 is 5.91 Å². The maximum absolute atomic E-state index is 12.9. The van der Waals surface area contributed by atoms with Gasteiger partial charge in [0.15, 0.2) is 0 Å². The number of ether oxygens (including phenoxy) is 1. The van der Waals surface area contributed by atoms with Crippen LogP contribution in [0.3, 0.4) is 0 Å². The standard InChI is InChI=1S/C23H26N4O2/c1-29-21-6-2-5-20(16-21)22(26-14-10-19-4-3-11-25-17-19)23(28)27-15-9-18-7-12-24-13-8-18/h2-8,11-13,16-17,22,26H,9-10,14-15H2,1H3,(H,27,28). The molecule has 2 heterocycles. The number of pyridine rings is 2. The van der Waals surface area contributed by atoms with Crippen molar-refractivity contribution in [1.82, 2.24) is 20.6 Å². The first-order valence-corrected chi connectivity index (χ1v) is 9.69. The van der Waals surface area contributed by atoms with Crippen molar-refractivity contribution in [2.45, 2.75) is 18.9 Å². The van der Waals surface area contributed by atoms with Crippen molar-refractivity contribution in [3.8, 4) is 5.75 Å². The second-order valence-electron chi connectivity index (χ2n) is 6.67. The average molecular weight is 390 g/mol. The summed E-state index contributed by atoms with van der Waals surface area (Å²) < 4.78 is 5.32. The lowest BCUT2D eigenvalue weighted by molar-refractivity contribution is -0.123. The fourth-order valence-electron chi connectivity index (χ4n) is 3.07. The van der Waals surface area contributed by atoms with Crippen LogP contribution in [0.15, 0.2) is 73.3 Å². The molecule has 0 aliphatic carbocycles. The molecule has 0 aliphatic rings. The lowest BCUT2D eigenvalue weighted by Gasteiger charge is -2.19. The third kappa shape index (κ3) is 6.40. The van der Waals surface area contributed by atoms with E-state index in [9.17, 15) is 4.79 Å². The molecule has 0 fully saturated rings. The zero-order valence-corrected chi connectivity index (χ0v) is 16.5. The number of carbonyl (C=O) groups is 1. The molecule has 1 aromatic carbocycles. The molecule has 0 bridgehead atoms. The lowest BCUT2D eigenvalue weighted by Crippen LogP contribution is -2.39. The van der Waals surface area contributed by atoms with E-state index in [0.29, 0.717) is 13.1 Å². The molecule has 3 rings (SSSR count). The zero-order chi connectivity index (χ0) is 20.3. The molecule has 0 saturated heterocycles. The van der Waals surface area contributed by atoms with Crippen molar-refractivity contribution in [3.63, 3.8) is 0 Å². The van der Waals surface area contributed by atoms with Crippen LogP contribution in [-0.4, -0.2) is 36.1 Å². The minimum Gasteiger partial charge on any atom is -0.497 e. The molecule has 1 atom stereocenters. The second kappa shape index (κ2) is 10.9. The zero-order valence-electron chi connectivity index (χ0n) is 16.5. The normalized spacial score (nSPS) is 11.6. The molecular weight excluding hydrogens is 364 g/mol. The van der Waals surface area contributed by atoms with E-state index in [1.165, 1.54) is 0 Å². The van der Waals surface area contributed by atoms with Gasteiger partial charge in [-0.15, -0.1) is 0 Å². The summed E-state index contributed by atoms with van der Waals surface area (Å²) in [7, 11) is 1.62. The molecular formula is C23H26N4O2. The fraction of sp³-hybridized carbons (Fsp3) is 0.261. The van der Waals surface area contributed by atoms with E-state index in [1.54, 1.807) is 25.7 Å². The van der Waals surface area contributed by atoms with Crippen molar-refractivity contribution in [3.05, 3.63) is 90.0 Å². The summed E-state index contributed by atoms with van der Waals surface area (Å²) in [5, 5.41) is 6.42. The number of amides is 1. The largest absolute Gasteiger partial charge is 0.497 e. The van der Waals surface area contributed by atoms with Gasteiger partial charge in [0, 0.05) is 37.9 Å². The molecule has 1 unspecified atom stereocenters. The number of rotatable bonds is 10. The molecule has 0 radical (unpaired) electrons. The van der Waals surface area contributed by atoms with Crippen LogP contribution < -0.4 is 15.4 Å². The van der Waals surface area contributed by atoms with Gasteiger partial charge in [-0.25, -0.2) is 0 Å². The molecule has 1 amide bonds. The van der Waals surface area contributed by atoms with Gasteiger partial charge < -0.3 is 15.4 Å². The molecule has 0 aliphatic heterocycles. The first kappa shape index (κ1) is 20.5. The van der Waals surface area contributed by atoms with Gasteiger partial charge in [0.2, 0.25) is 5.91 Å². The summed E-state index contributed by atoms with van der Waals surface area (Å²) in [5.74, 6) is 0.671. The van der Waals surface area contributed by atoms with E-state index in [-0.39, 0.29) is 5.91 Å². The van der Waals surface area contributed by atoms with Crippen LogP contribution in [-0.2, 0) is 17.6 Å². The predicted octanol–water partition coefficient (Wildman–Crippen LogP) is 2.72. The Hall–Kier alpha value is -3.25. The first-order valence-electron chi connectivity index (χ1n) is 9.69. The number of aromatic nitrogens is 2. The van der Waals surface area contributed by atoms with Crippen molar-refractivity contribution in [2.75, 3.05) is 20.2 Å². The molecule has 2 aromatic heterocycles. The Morgan fingerprint density at radius 2 is 1.79 bits per heavy atom. The highest BCUT2D eigenvalue weighted by Crippen LogP contribution is 2.19. The third-order valence-corrected chi connectivity index (χ3v) is 4.64. The average Bonchev–Trinajstić information content (AvgIpc) is 2.78. The van der Waals surface area contributed by atoms with E-state index in [0.717, 1.165) is 35.3 Å². The van der Waals surface area contributed by atoms with Gasteiger partial charge in [0.05, 0.1) is 7.11 Å². The molecule has 6 heteroatoms. The van der Waals surface area contributed by atoms with Gasteiger partial charge in [-0.3, -0.25) is 14.8 Å². The predicted molar refractivity (Wildman–Crippen MR) is 113 cm³/mol. The van der Waals surface area contributed by atoms with Crippen LogP contribution in [0, 0.1) is 0 Å². The number of carbonyl (C=O) groups excluding carboxylic acids is 1. The smallest absolute Gasteiger partial charge is 0.241 e. The summed E-state index contributed by atoms with van der Waals surface area (Å²) in [6, 6.07) is 15.0. The Bertz CT molecular complexity index is 888. The van der Waals surface area contributed by atoms with Gasteiger partial charge >= 0.3 is 0 Å². The lowest BCUT2D eigenvalue weighted by atomic mass is 10.0. The molecule has 0 saturated carbocycles. The highest BCUT2D eigenvalue weighted by Gasteiger charge is 2.20. The van der Waals surface area contributed by atoms with Crippen molar-refractivity contribution < 1.29 is 9.53 Å². The van der Waals surface area contributed by atoms with Crippen molar-refractivity contribution in [1.29, 1.82) is 0 Å². The number of benzene rings is 1. The summed E-state index contributed by atoms with van der Waals surface area (Å²) in [4.78, 5) is 21.1. The van der Waals surface area contributed by atoms with Gasteiger partial charge in [0.1, 0.15) is 11.8 Å². The number of methoxy groups -OCH3 is 1. The van der Waals surface area contributed by atoms with E-state index < -0.39 is 6.04 Å². The molecule has 150 valence electrons. The third-order valence-electron chi connectivity index (χ3n) is 4.64. The van der Waals surface area contributed by atoms with Gasteiger partial charge in [-0.2, -0.15) is 0 Å². The van der Waals surface area contributed by atoms with Crippen LogP contribution >= 0.6 is 0 Å². The maximum Gasteiger partial charge on any atom is 0.241 e. The van der Waals surface area contributed by atoms with Gasteiger partial charge in [0.25, 0.3) is 0 Å². The van der Waals surface area contributed by atoms with Crippen LogP contribution in [0.2, 0.25) is 0 Å². The summed E-state index contributed by atoms with van der Waals surface area (Å²) in [5.41, 5.74) is 3.14. The van der Waals surface area contributed by atoms with E-state index in [4.69, 9.17) is 4.74 Å². The van der Waals surface area contributed by atoms with Crippen LogP contribution in [0.4, 0.5) is 0 Å². The minimum atomic E-state index is -0.459. The van der Waals surface area contributed by atoms with Crippen LogP contribution in [0.5, 0.6) is 5.75 Å². The number of hydrogen-bond acceptors (Lipinski definition) is 5. The minimum absolute atomic E-state index is 0.0569. The van der Waals surface area contributed by atoms with E-state index in [2.05, 4.69) is 20.6 Å². The Balaban J connectivity index is 1.63. The van der Waals surface area contributed by atoms with E-state index >= 15 is 0 Å². The number of nitrogens with one attached hydrogen (secondary N) is 2. The molecule has 2 N–H and O–H groups in total. The van der Waals surface area contributed by atoms with Crippen LogP contribution in [0.25, 0.3) is 0 Å². The Kier molecular flexibility index (Phi) is 7.72.